The zero-order valence-corrected chi connectivity index (χ0v) is 9.83. The molecule has 4 nitrogen and oxygen atoms in total. The molecule has 1 aliphatic heterocycles. The highest BCUT2D eigenvalue weighted by Crippen LogP contribution is 2.19. The van der Waals surface area contributed by atoms with Gasteiger partial charge in [-0.15, -0.1) is 11.8 Å². The van der Waals surface area contributed by atoms with Crippen LogP contribution in [0.25, 0.3) is 0 Å². The van der Waals surface area contributed by atoms with E-state index in [-0.39, 0.29) is 17.7 Å². The van der Waals surface area contributed by atoms with Gasteiger partial charge in [-0.2, -0.15) is 0 Å². The molecule has 1 unspecified atom stereocenters. The second-order valence-corrected chi connectivity index (χ2v) is 4.72. The Kier molecular flexibility index (Phi) is 3.36. The highest BCUT2D eigenvalue weighted by Gasteiger charge is 2.25. The topological polar surface area (TPSA) is 52.6 Å². The number of rotatable bonds is 2. The lowest BCUT2D eigenvalue weighted by Crippen LogP contribution is -2.43. The number of hydrogen-bond donors (Lipinski definition) is 2. The minimum absolute atomic E-state index is 0.0655. The van der Waals surface area contributed by atoms with Gasteiger partial charge in [0.1, 0.15) is 5.75 Å². The summed E-state index contributed by atoms with van der Waals surface area (Å²) in [6.45, 7) is 0. The van der Waals surface area contributed by atoms with Crippen LogP contribution in [-0.2, 0) is 4.79 Å². The normalized spacial score (nSPS) is 19.7. The summed E-state index contributed by atoms with van der Waals surface area (Å²) in [5.41, 5.74) is 0.793. The summed E-state index contributed by atoms with van der Waals surface area (Å²) in [6, 6.07) is 6.53. The first-order valence-electron chi connectivity index (χ1n) is 5.06. The third-order valence-electron chi connectivity index (χ3n) is 2.58. The van der Waals surface area contributed by atoms with Crippen LogP contribution in [0.3, 0.4) is 0 Å². The van der Waals surface area contributed by atoms with Crippen LogP contribution in [0, 0.1) is 0 Å². The van der Waals surface area contributed by atoms with Crippen molar-refractivity contribution in [2.24, 2.45) is 0 Å². The molecule has 2 N–H and O–H groups in total. The number of nitrogens with zero attached hydrogens (tertiary/aromatic N) is 1. The van der Waals surface area contributed by atoms with E-state index in [1.807, 2.05) is 0 Å². The number of phenolic OH excluding ortho intramolecular Hbond substituents is 1. The van der Waals surface area contributed by atoms with Crippen molar-refractivity contribution in [1.82, 2.24) is 5.32 Å². The molecule has 5 heteroatoms. The maximum atomic E-state index is 12.0. The van der Waals surface area contributed by atoms with Gasteiger partial charge in [-0.25, -0.2) is 0 Å². The summed E-state index contributed by atoms with van der Waals surface area (Å²) in [4.78, 5) is 13.6. The Hall–Kier alpha value is -1.20. The number of nitrogens with one attached hydrogen (secondary N) is 1. The number of carbonyl (C=O) groups excluding carboxylic acids is 1. The number of carbonyl (C=O) groups is 1. The molecule has 0 radical (unpaired) electrons. The van der Waals surface area contributed by atoms with Crippen molar-refractivity contribution >= 4 is 23.4 Å². The lowest BCUT2D eigenvalue weighted by Gasteiger charge is -2.20. The number of phenols is 1. The Balaban J connectivity index is 2.08. The molecule has 0 saturated carbocycles. The molecule has 1 fully saturated rings. The molecule has 1 heterocycles. The molecule has 86 valence electrons. The molecule has 1 aromatic rings. The zero-order chi connectivity index (χ0) is 11.5. The monoisotopic (exact) mass is 238 g/mol. The molecular formula is C11H14N2O2S. The summed E-state index contributed by atoms with van der Waals surface area (Å²) in [7, 11) is 1.75. The second kappa shape index (κ2) is 4.76. The predicted octanol–water partition coefficient (Wildman–Crippen LogP) is 1.02. The van der Waals surface area contributed by atoms with Crippen molar-refractivity contribution in [3.8, 4) is 5.75 Å². The molecular weight excluding hydrogens is 224 g/mol. The standard InChI is InChI=1S/C11H14N2O2S/c1-13(8-2-4-9(14)5-3-8)11(15)10-6-16-7-12-10/h2-5,10,12,14H,6-7H2,1H3. The minimum Gasteiger partial charge on any atom is -0.508 e. The Morgan fingerprint density at radius 3 is 2.75 bits per heavy atom. The van der Waals surface area contributed by atoms with Gasteiger partial charge in [0.2, 0.25) is 5.91 Å². The van der Waals surface area contributed by atoms with Crippen molar-refractivity contribution in [1.29, 1.82) is 0 Å². The molecule has 1 amide bonds. The number of benzene rings is 1. The summed E-state index contributed by atoms with van der Waals surface area (Å²) in [5, 5.41) is 12.3. The first-order chi connectivity index (χ1) is 7.68. The molecule has 16 heavy (non-hydrogen) atoms. The lowest BCUT2D eigenvalue weighted by molar-refractivity contribution is -0.119. The van der Waals surface area contributed by atoms with Crippen LogP contribution in [-0.4, -0.2) is 35.7 Å². The summed E-state index contributed by atoms with van der Waals surface area (Å²) in [5.74, 6) is 1.93. The number of hydrogen-bond acceptors (Lipinski definition) is 4. The van der Waals surface area contributed by atoms with Crippen LogP contribution in [0.4, 0.5) is 5.69 Å². The zero-order valence-electron chi connectivity index (χ0n) is 9.01. The Morgan fingerprint density at radius 2 is 2.19 bits per heavy atom. The highest BCUT2D eigenvalue weighted by atomic mass is 32.2. The number of thioether (sulfide) groups is 1. The fourth-order valence-corrected chi connectivity index (χ4v) is 2.52. The van der Waals surface area contributed by atoms with Crippen LogP contribution in [0.2, 0.25) is 0 Å². The number of aromatic hydroxyl groups is 1. The van der Waals surface area contributed by atoms with Crippen LogP contribution >= 0.6 is 11.8 Å². The van der Waals surface area contributed by atoms with E-state index in [2.05, 4.69) is 5.32 Å². The van der Waals surface area contributed by atoms with E-state index in [9.17, 15) is 4.79 Å². The Bertz CT molecular complexity index is 374. The maximum absolute atomic E-state index is 12.0. The van der Waals surface area contributed by atoms with Crippen LogP contribution < -0.4 is 10.2 Å². The molecule has 1 atom stereocenters. The van der Waals surface area contributed by atoms with Gasteiger partial charge in [0.05, 0.1) is 6.04 Å². The Morgan fingerprint density at radius 1 is 1.50 bits per heavy atom. The third-order valence-corrected chi connectivity index (χ3v) is 3.52. The van der Waals surface area contributed by atoms with Crippen molar-refractivity contribution in [2.75, 3.05) is 23.6 Å². The maximum Gasteiger partial charge on any atom is 0.244 e. The summed E-state index contributed by atoms with van der Waals surface area (Å²) >= 11 is 1.73. The van der Waals surface area contributed by atoms with Gasteiger partial charge >= 0.3 is 0 Å². The third kappa shape index (κ3) is 2.31. The molecule has 1 aliphatic rings. The second-order valence-electron chi connectivity index (χ2n) is 3.69. The fraction of sp³-hybridized carbons (Fsp3) is 0.364. The number of amides is 1. The fourth-order valence-electron chi connectivity index (χ4n) is 1.59. The van der Waals surface area contributed by atoms with Gasteiger partial charge in [-0.05, 0) is 24.3 Å². The van der Waals surface area contributed by atoms with E-state index >= 15 is 0 Å². The molecule has 0 spiro atoms. The minimum atomic E-state index is -0.0937. The van der Waals surface area contributed by atoms with Gasteiger partial charge in [0.15, 0.2) is 0 Å². The summed E-state index contributed by atoms with van der Waals surface area (Å²) in [6.07, 6.45) is 0. The quantitative estimate of drug-likeness (QED) is 0.807. The smallest absolute Gasteiger partial charge is 0.244 e. The van der Waals surface area contributed by atoms with Gasteiger partial charge < -0.3 is 10.0 Å². The van der Waals surface area contributed by atoms with Crippen molar-refractivity contribution in [3.63, 3.8) is 0 Å². The molecule has 1 saturated heterocycles. The average molecular weight is 238 g/mol. The van der Waals surface area contributed by atoms with E-state index in [1.165, 1.54) is 0 Å². The Labute approximate surface area is 98.6 Å². The summed E-state index contributed by atoms with van der Waals surface area (Å²) < 4.78 is 0. The van der Waals surface area contributed by atoms with Gasteiger partial charge in [0, 0.05) is 24.4 Å². The van der Waals surface area contributed by atoms with Gasteiger partial charge in [-0.3, -0.25) is 10.1 Å². The highest BCUT2D eigenvalue weighted by molar-refractivity contribution is 7.99. The molecule has 1 aromatic carbocycles. The predicted molar refractivity (Wildman–Crippen MR) is 65.8 cm³/mol. The van der Waals surface area contributed by atoms with Gasteiger partial charge in [-0.1, -0.05) is 0 Å². The van der Waals surface area contributed by atoms with Crippen LogP contribution in [0.15, 0.2) is 24.3 Å². The van der Waals surface area contributed by atoms with E-state index in [0.29, 0.717) is 0 Å². The SMILES string of the molecule is CN(C(=O)C1CSCN1)c1ccc(O)cc1. The van der Waals surface area contributed by atoms with Gasteiger partial charge in [0.25, 0.3) is 0 Å². The van der Waals surface area contributed by atoms with E-state index in [4.69, 9.17) is 5.11 Å². The van der Waals surface area contributed by atoms with E-state index in [0.717, 1.165) is 17.3 Å². The molecule has 2 rings (SSSR count). The van der Waals surface area contributed by atoms with Crippen LogP contribution in [0.1, 0.15) is 0 Å². The molecule has 0 bridgehead atoms. The van der Waals surface area contributed by atoms with E-state index < -0.39 is 0 Å². The number of likely N-dealkylation sites (N-methyl/N-ethyl adjacent to an activating group) is 1. The molecule has 0 aliphatic carbocycles. The lowest BCUT2D eigenvalue weighted by atomic mass is 10.2. The number of anilines is 1. The first kappa shape index (κ1) is 11.3. The largest absolute Gasteiger partial charge is 0.508 e. The van der Waals surface area contributed by atoms with Crippen molar-refractivity contribution in [2.45, 2.75) is 6.04 Å². The average Bonchev–Trinajstić information content (AvgIpc) is 2.81. The molecule has 0 aromatic heterocycles. The first-order valence-corrected chi connectivity index (χ1v) is 6.21. The van der Waals surface area contributed by atoms with E-state index in [1.54, 1.807) is 48.0 Å². The van der Waals surface area contributed by atoms with Crippen molar-refractivity contribution in [3.05, 3.63) is 24.3 Å². The van der Waals surface area contributed by atoms with Crippen LogP contribution in [0.5, 0.6) is 5.75 Å². The van der Waals surface area contributed by atoms with Crippen molar-refractivity contribution < 1.29 is 9.90 Å².